The minimum Gasteiger partial charge on any atom is -0.457 e. The van der Waals surface area contributed by atoms with Crippen LogP contribution in [-0.2, 0) is 6.42 Å². The first kappa shape index (κ1) is 18.3. The summed E-state index contributed by atoms with van der Waals surface area (Å²) in [6.07, 6.45) is -0.783. The van der Waals surface area contributed by atoms with Crippen molar-refractivity contribution in [1.82, 2.24) is 0 Å². The Balaban J connectivity index is 1.86. The van der Waals surface area contributed by atoms with E-state index in [1.54, 1.807) is 6.07 Å². The Labute approximate surface area is 162 Å². The van der Waals surface area contributed by atoms with Crippen LogP contribution in [0, 0.1) is 24.1 Å². The molecule has 1 aliphatic rings. The lowest BCUT2D eigenvalue weighted by molar-refractivity contribution is 0.0167. The van der Waals surface area contributed by atoms with E-state index in [9.17, 15) is 18.0 Å². The standard InChI is InChI=1S/C21H12F3NO2S/c1-11-4-5-28-19(11)15-2-3-17(16-9-21(23,24)20(26)18(15)16)27-14-7-12(10-25)6-13(22)8-14/h2-8H,9H2,1H3. The molecule has 0 atom stereocenters. The lowest BCUT2D eigenvalue weighted by atomic mass is 9.99. The largest absolute Gasteiger partial charge is 0.457 e. The number of nitriles is 1. The molecule has 3 nitrogen and oxygen atoms in total. The highest BCUT2D eigenvalue weighted by Crippen LogP contribution is 2.46. The van der Waals surface area contributed by atoms with Crippen molar-refractivity contribution in [3.05, 3.63) is 69.8 Å². The summed E-state index contributed by atoms with van der Waals surface area (Å²) >= 11 is 1.36. The van der Waals surface area contributed by atoms with E-state index in [0.717, 1.165) is 22.6 Å². The first-order valence-corrected chi connectivity index (χ1v) is 9.19. The molecule has 0 saturated heterocycles. The minimum absolute atomic E-state index is 0.00136. The molecule has 0 unspecified atom stereocenters. The van der Waals surface area contributed by atoms with E-state index < -0.39 is 23.9 Å². The number of alkyl halides is 2. The van der Waals surface area contributed by atoms with Crippen LogP contribution in [0.1, 0.15) is 27.0 Å². The van der Waals surface area contributed by atoms with Crippen LogP contribution in [-0.4, -0.2) is 11.7 Å². The number of thiophene rings is 1. The third kappa shape index (κ3) is 2.96. The molecule has 0 N–H and O–H groups in total. The quantitative estimate of drug-likeness (QED) is 0.551. The molecule has 0 fully saturated rings. The van der Waals surface area contributed by atoms with Crippen LogP contribution in [0.3, 0.4) is 0 Å². The zero-order valence-electron chi connectivity index (χ0n) is 14.6. The number of nitrogens with zero attached hydrogens (tertiary/aromatic N) is 1. The van der Waals surface area contributed by atoms with E-state index in [4.69, 9.17) is 10.00 Å². The number of fused-ring (bicyclic) bond motifs is 1. The van der Waals surface area contributed by atoms with Crippen LogP contribution in [0.15, 0.2) is 41.8 Å². The molecule has 0 saturated carbocycles. The molecule has 0 bridgehead atoms. The maximum atomic E-state index is 14.2. The van der Waals surface area contributed by atoms with Gasteiger partial charge in [-0.1, -0.05) is 0 Å². The van der Waals surface area contributed by atoms with Gasteiger partial charge in [0.15, 0.2) is 0 Å². The molecule has 7 heteroatoms. The SMILES string of the molecule is Cc1ccsc1-c1ccc(Oc2cc(F)cc(C#N)c2)c2c1C(=O)C(F)(F)C2. The Morgan fingerprint density at radius 3 is 2.68 bits per heavy atom. The fraction of sp³-hybridized carbons (Fsp3) is 0.143. The Morgan fingerprint density at radius 1 is 1.21 bits per heavy atom. The van der Waals surface area contributed by atoms with Gasteiger partial charge in [0.1, 0.15) is 17.3 Å². The summed E-state index contributed by atoms with van der Waals surface area (Å²) in [5.74, 6) is -5.40. The highest BCUT2D eigenvalue weighted by atomic mass is 32.1. The lowest BCUT2D eigenvalue weighted by Gasteiger charge is -2.13. The molecular weight excluding hydrogens is 387 g/mol. The predicted octanol–water partition coefficient (Wildman–Crippen LogP) is 5.90. The number of Topliss-reactive ketones (excluding diaryl/α,β-unsaturated/α-hetero) is 1. The van der Waals surface area contributed by atoms with Gasteiger partial charge in [-0.05, 0) is 48.2 Å². The van der Waals surface area contributed by atoms with E-state index in [1.807, 2.05) is 24.4 Å². The van der Waals surface area contributed by atoms with Gasteiger partial charge in [-0.3, -0.25) is 4.79 Å². The van der Waals surface area contributed by atoms with Gasteiger partial charge in [0.25, 0.3) is 0 Å². The van der Waals surface area contributed by atoms with Gasteiger partial charge in [0.2, 0.25) is 5.78 Å². The minimum atomic E-state index is -3.53. The molecule has 140 valence electrons. The van der Waals surface area contributed by atoms with Gasteiger partial charge < -0.3 is 4.74 Å². The molecule has 2 aromatic carbocycles. The molecule has 0 amide bonds. The van der Waals surface area contributed by atoms with Crippen molar-refractivity contribution in [3.8, 4) is 28.0 Å². The number of hydrogen-bond donors (Lipinski definition) is 0. The molecule has 3 aromatic rings. The number of rotatable bonds is 3. The summed E-state index contributed by atoms with van der Waals surface area (Å²) in [7, 11) is 0. The van der Waals surface area contributed by atoms with E-state index in [-0.39, 0.29) is 28.2 Å². The van der Waals surface area contributed by atoms with E-state index in [1.165, 1.54) is 23.5 Å². The average molecular weight is 399 g/mol. The molecule has 0 aliphatic heterocycles. The highest BCUT2D eigenvalue weighted by Gasteiger charge is 2.49. The topological polar surface area (TPSA) is 50.1 Å². The van der Waals surface area contributed by atoms with Gasteiger partial charge in [0, 0.05) is 34.1 Å². The zero-order valence-corrected chi connectivity index (χ0v) is 15.4. The van der Waals surface area contributed by atoms with Crippen molar-refractivity contribution < 1.29 is 22.7 Å². The Bertz CT molecular complexity index is 1160. The van der Waals surface area contributed by atoms with Crippen LogP contribution < -0.4 is 4.74 Å². The maximum absolute atomic E-state index is 14.2. The molecule has 1 aromatic heterocycles. The monoisotopic (exact) mass is 399 g/mol. The number of hydrogen-bond acceptors (Lipinski definition) is 4. The van der Waals surface area contributed by atoms with E-state index >= 15 is 0 Å². The number of carbonyl (C=O) groups is 1. The molecule has 0 spiro atoms. The number of ketones is 1. The average Bonchev–Trinajstić information content (AvgIpc) is 3.16. The fourth-order valence-corrected chi connectivity index (χ4v) is 4.25. The van der Waals surface area contributed by atoms with Crippen LogP contribution in [0.4, 0.5) is 13.2 Å². The first-order chi connectivity index (χ1) is 13.3. The van der Waals surface area contributed by atoms with Crippen LogP contribution in [0.25, 0.3) is 10.4 Å². The Kier molecular flexibility index (Phi) is 4.24. The van der Waals surface area contributed by atoms with Crippen molar-refractivity contribution in [2.45, 2.75) is 19.3 Å². The Morgan fingerprint density at radius 2 is 2.00 bits per heavy atom. The Hall–Kier alpha value is -3.11. The van der Waals surface area contributed by atoms with Crippen molar-refractivity contribution >= 4 is 17.1 Å². The number of aryl methyl sites for hydroxylation is 1. The molecule has 1 aliphatic carbocycles. The molecular formula is C21H12F3NO2S. The molecule has 4 rings (SSSR count). The van der Waals surface area contributed by atoms with E-state index in [0.29, 0.717) is 5.56 Å². The lowest BCUT2D eigenvalue weighted by Crippen LogP contribution is -2.24. The van der Waals surface area contributed by atoms with Crippen LogP contribution in [0.5, 0.6) is 11.5 Å². The van der Waals surface area contributed by atoms with Gasteiger partial charge in [-0.2, -0.15) is 14.0 Å². The second-order valence-electron chi connectivity index (χ2n) is 6.50. The summed E-state index contributed by atoms with van der Waals surface area (Å²) < 4.78 is 47.8. The van der Waals surface area contributed by atoms with Crippen LogP contribution in [0.2, 0.25) is 0 Å². The van der Waals surface area contributed by atoms with Crippen molar-refractivity contribution in [1.29, 1.82) is 5.26 Å². The summed E-state index contributed by atoms with van der Waals surface area (Å²) in [6.45, 7) is 1.84. The third-order valence-corrected chi connectivity index (χ3v) is 5.61. The fourth-order valence-electron chi connectivity index (χ4n) is 3.30. The van der Waals surface area contributed by atoms with Gasteiger partial charge >= 0.3 is 5.92 Å². The van der Waals surface area contributed by atoms with Crippen LogP contribution >= 0.6 is 11.3 Å². The van der Waals surface area contributed by atoms with Crippen molar-refractivity contribution in [2.75, 3.05) is 0 Å². The number of benzene rings is 2. The second kappa shape index (κ2) is 6.50. The summed E-state index contributed by atoms with van der Waals surface area (Å²) in [5, 5.41) is 10.8. The molecule has 0 radical (unpaired) electrons. The smallest absolute Gasteiger partial charge is 0.313 e. The number of ether oxygens (including phenoxy) is 1. The van der Waals surface area contributed by atoms with Gasteiger partial charge in [-0.25, -0.2) is 4.39 Å². The number of halogens is 3. The normalized spacial score (nSPS) is 14.6. The first-order valence-electron chi connectivity index (χ1n) is 8.31. The van der Waals surface area contributed by atoms with E-state index in [2.05, 4.69) is 0 Å². The molecule has 1 heterocycles. The number of carbonyl (C=O) groups excluding carboxylic acids is 1. The predicted molar refractivity (Wildman–Crippen MR) is 98.7 cm³/mol. The highest BCUT2D eigenvalue weighted by molar-refractivity contribution is 7.13. The van der Waals surface area contributed by atoms with Gasteiger partial charge in [0.05, 0.1) is 11.6 Å². The second-order valence-corrected chi connectivity index (χ2v) is 7.41. The molecule has 28 heavy (non-hydrogen) atoms. The van der Waals surface area contributed by atoms with Crippen molar-refractivity contribution in [3.63, 3.8) is 0 Å². The summed E-state index contributed by atoms with van der Waals surface area (Å²) in [4.78, 5) is 13.1. The van der Waals surface area contributed by atoms with Gasteiger partial charge in [-0.15, -0.1) is 11.3 Å². The maximum Gasteiger partial charge on any atom is 0.313 e. The summed E-state index contributed by atoms with van der Waals surface area (Å²) in [6, 6.07) is 10.1. The zero-order chi connectivity index (χ0) is 20.1. The third-order valence-electron chi connectivity index (χ3n) is 4.56. The van der Waals surface area contributed by atoms with Crippen molar-refractivity contribution in [2.24, 2.45) is 0 Å². The summed E-state index contributed by atoms with van der Waals surface area (Å²) in [5.41, 5.74) is 1.38.